The highest BCUT2D eigenvalue weighted by Crippen LogP contribution is 2.31. The van der Waals surface area contributed by atoms with Gasteiger partial charge in [0.1, 0.15) is 10.5 Å². The summed E-state index contributed by atoms with van der Waals surface area (Å²) in [5.41, 5.74) is 3.45. The molecular weight excluding hydrogens is 408 g/mol. The molecule has 3 rings (SSSR count). The number of nitrogens with zero attached hydrogens (tertiary/aromatic N) is 3. The van der Waals surface area contributed by atoms with Crippen LogP contribution in [0.4, 0.5) is 5.00 Å². The van der Waals surface area contributed by atoms with Crippen LogP contribution in [0.15, 0.2) is 28.8 Å². The summed E-state index contributed by atoms with van der Waals surface area (Å²) in [5.74, 6) is 0.432. The second kappa shape index (κ2) is 8.16. The number of anilines is 1. The molecule has 1 aromatic carbocycles. The van der Waals surface area contributed by atoms with E-state index in [2.05, 4.69) is 35.4 Å². The summed E-state index contributed by atoms with van der Waals surface area (Å²) in [6.07, 6.45) is 2.51. The molecule has 0 aliphatic heterocycles. The summed E-state index contributed by atoms with van der Waals surface area (Å²) in [6.45, 7) is 8.23. The number of halogens is 1. The molecule has 0 saturated carbocycles. The number of nitrogens with one attached hydrogen (secondary N) is 1. The Bertz CT molecular complexity index is 1080. The minimum atomic E-state index is -0.262. The smallest absolute Gasteiger partial charge is 0.258 e. The van der Waals surface area contributed by atoms with Gasteiger partial charge in [-0.25, -0.2) is 4.98 Å². The van der Waals surface area contributed by atoms with Gasteiger partial charge in [0.05, 0.1) is 16.3 Å². The lowest BCUT2D eigenvalue weighted by Crippen LogP contribution is -2.16. The van der Waals surface area contributed by atoms with Crippen LogP contribution in [0, 0.1) is 12.3 Å². The van der Waals surface area contributed by atoms with Gasteiger partial charge >= 0.3 is 0 Å². The van der Waals surface area contributed by atoms with E-state index in [1.165, 1.54) is 11.5 Å². The zero-order valence-electron chi connectivity index (χ0n) is 17.5. The van der Waals surface area contributed by atoms with Gasteiger partial charge < -0.3 is 14.6 Å². The molecule has 8 heteroatoms. The topological polar surface area (TPSA) is 71.3 Å². The summed E-state index contributed by atoms with van der Waals surface area (Å²) in [5, 5.41) is 3.87. The Morgan fingerprint density at radius 2 is 2.07 bits per heavy atom. The molecule has 6 nitrogen and oxygen atoms in total. The third-order valence-electron chi connectivity index (χ3n) is 4.07. The Balaban J connectivity index is 1.95. The molecule has 0 bridgehead atoms. The fraction of sp³-hybridized carbons (Fsp3) is 0.381. The fourth-order valence-corrected chi connectivity index (χ4v) is 3.73. The van der Waals surface area contributed by atoms with Gasteiger partial charge in [-0.2, -0.15) is 4.37 Å². The highest BCUT2D eigenvalue weighted by Gasteiger charge is 2.20. The van der Waals surface area contributed by atoms with Gasteiger partial charge in [-0.05, 0) is 41.6 Å². The van der Waals surface area contributed by atoms with E-state index < -0.39 is 0 Å². The molecule has 2 heterocycles. The minimum absolute atomic E-state index is 0.0751. The van der Waals surface area contributed by atoms with Crippen LogP contribution in [0.2, 0.25) is 5.02 Å². The first-order valence-corrected chi connectivity index (χ1v) is 10.4. The first-order valence-electron chi connectivity index (χ1n) is 9.25. The molecule has 0 aliphatic carbocycles. The molecule has 0 radical (unpaired) electrons. The van der Waals surface area contributed by atoms with E-state index in [1.807, 2.05) is 37.2 Å². The first-order chi connectivity index (χ1) is 13.5. The predicted molar refractivity (Wildman–Crippen MR) is 119 cm³/mol. The average Bonchev–Trinajstić information content (AvgIpc) is 3.14. The van der Waals surface area contributed by atoms with Crippen LogP contribution in [-0.4, -0.2) is 34.3 Å². The van der Waals surface area contributed by atoms with E-state index in [4.69, 9.17) is 16.0 Å². The standard InChI is InChI=1S/C21H25ClN4O2S/c1-12-18(22)20(29-25-12)24-19(27)14(11-26(5)6)13-7-8-16-15(9-13)23-17(28-16)10-21(2,3)4/h7-9,11H,10H2,1-6H3,(H,24,27)/b14-11-. The predicted octanol–water partition coefficient (Wildman–Crippen LogP) is 5.38. The van der Waals surface area contributed by atoms with E-state index in [1.54, 1.807) is 13.1 Å². The Morgan fingerprint density at radius 3 is 2.66 bits per heavy atom. The van der Waals surface area contributed by atoms with Gasteiger partial charge in [-0.3, -0.25) is 4.79 Å². The summed E-state index contributed by atoms with van der Waals surface area (Å²) in [6, 6.07) is 5.59. The van der Waals surface area contributed by atoms with Crippen LogP contribution in [0.5, 0.6) is 0 Å². The molecule has 0 spiro atoms. The normalized spacial score (nSPS) is 12.4. The number of hydrogen-bond acceptors (Lipinski definition) is 6. The number of carbonyl (C=O) groups is 1. The molecule has 1 amide bonds. The van der Waals surface area contributed by atoms with E-state index >= 15 is 0 Å². The molecule has 0 fully saturated rings. The van der Waals surface area contributed by atoms with Crippen LogP contribution in [0.1, 0.15) is 37.9 Å². The zero-order chi connectivity index (χ0) is 21.3. The molecule has 0 unspecified atom stereocenters. The molecule has 0 aliphatic rings. The lowest BCUT2D eigenvalue weighted by molar-refractivity contribution is -0.111. The van der Waals surface area contributed by atoms with Crippen molar-refractivity contribution in [3.05, 3.63) is 46.6 Å². The second-order valence-electron chi connectivity index (χ2n) is 8.40. The molecule has 29 heavy (non-hydrogen) atoms. The summed E-state index contributed by atoms with van der Waals surface area (Å²) in [4.78, 5) is 19.4. The van der Waals surface area contributed by atoms with E-state index in [9.17, 15) is 4.79 Å². The average molecular weight is 433 g/mol. The van der Waals surface area contributed by atoms with Crippen molar-refractivity contribution >= 4 is 50.7 Å². The Hall–Kier alpha value is -2.38. The van der Waals surface area contributed by atoms with Crippen LogP contribution in [0.3, 0.4) is 0 Å². The number of carbonyl (C=O) groups excluding carboxylic acids is 1. The summed E-state index contributed by atoms with van der Waals surface area (Å²) < 4.78 is 10.0. The van der Waals surface area contributed by atoms with Crippen molar-refractivity contribution in [3.8, 4) is 0 Å². The van der Waals surface area contributed by atoms with E-state index in [-0.39, 0.29) is 11.3 Å². The van der Waals surface area contributed by atoms with E-state index in [0.717, 1.165) is 17.5 Å². The second-order valence-corrected chi connectivity index (χ2v) is 9.55. The van der Waals surface area contributed by atoms with Gasteiger partial charge in [-0.1, -0.05) is 38.4 Å². The highest BCUT2D eigenvalue weighted by atomic mass is 35.5. The van der Waals surface area contributed by atoms with Crippen molar-refractivity contribution in [3.63, 3.8) is 0 Å². The number of amides is 1. The molecule has 154 valence electrons. The SMILES string of the molecule is Cc1nsc(NC(=O)/C(=C\N(C)C)c2ccc3oc(CC(C)(C)C)nc3c2)c1Cl. The Labute approximate surface area is 179 Å². The third kappa shape index (κ3) is 5.16. The first kappa shape index (κ1) is 21.3. The number of hydrogen-bond donors (Lipinski definition) is 1. The van der Waals surface area contributed by atoms with Gasteiger partial charge in [0.15, 0.2) is 11.5 Å². The van der Waals surface area contributed by atoms with Crippen LogP contribution in [0.25, 0.3) is 16.7 Å². The Morgan fingerprint density at radius 1 is 1.34 bits per heavy atom. The van der Waals surface area contributed by atoms with Gasteiger partial charge in [0.25, 0.3) is 5.91 Å². The number of oxazole rings is 1. The maximum atomic E-state index is 13.0. The van der Waals surface area contributed by atoms with Crippen LogP contribution >= 0.6 is 23.1 Å². The zero-order valence-corrected chi connectivity index (χ0v) is 19.0. The minimum Gasteiger partial charge on any atom is -0.441 e. The number of aryl methyl sites for hydroxylation is 1. The number of rotatable bonds is 5. The van der Waals surface area contributed by atoms with E-state index in [0.29, 0.717) is 32.8 Å². The molecular formula is C21H25ClN4O2S. The van der Waals surface area contributed by atoms with Gasteiger partial charge in [-0.15, -0.1) is 0 Å². The van der Waals surface area contributed by atoms with Gasteiger partial charge in [0.2, 0.25) is 0 Å². The van der Waals surface area contributed by atoms with Crippen LogP contribution in [-0.2, 0) is 11.2 Å². The summed E-state index contributed by atoms with van der Waals surface area (Å²) in [7, 11) is 3.74. The fourth-order valence-electron chi connectivity index (χ4n) is 2.80. The monoisotopic (exact) mass is 432 g/mol. The van der Waals surface area contributed by atoms with Crippen molar-refractivity contribution in [1.82, 2.24) is 14.3 Å². The quantitative estimate of drug-likeness (QED) is 0.548. The molecule has 0 saturated heterocycles. The van der Waals surface area contributed by atoms with Crippen molar-refractivity contribution < 1.29 is 9.21 Å². The third-order valence-corrected chi connectivity index (χ3v) is 5.50. The van der Waals surface area contributed by atoms with Crippen molar-refractivity contribution in [1.29, 1.82) is 0 Å². The molecule has 3 aromatic rings. The lowest BCUT2D eigenvalue weighted by Gasteiger charge is -2.14. The number of fused-ring (bicyclic) bond motifs is 1. The van der Waals surface area contributed by atoms with Crippen molar-refractivity contribution in [2.24, 2.45) is 5.41 Å². The lowest BCUT2D eigenvalue weighted by atomic mass is 9.92. The highest BCUT2D eigenvalue weighted by molar-refractivity contribution is 7.11. The largest absolute Gasteiger partial charge is 0.441 e. The molecule has 2 aromatic heterocycles. The number of aromatic nitrogens is 2. The van der Waals surface area contributed by atoms with Crippen LogP contribution < -0.4 is 5.32 Å². The van der Waals surface area contributed by atoms with Crippen molar-refractivity contribution in [2.45, 2.75) is 34.1 Å². The maximum Gasteiger partial charge on any atom is 0.258 e. The Kier molecular flexibility index (Phi) is 6.00. The molecule has 0 atom stereocenters. The molecule has 1 N–H and O–H groups in total. The van der Waals surface area contributed by atoms with Crippen molar-refractivity contribution in [2.75, 3.05) is 19.4 Å². The number of benzene rings is 1. The summed E-state index contributed by atoms with van der Waals surface area (Å²) >= 11 is 7.39. The maximum absolute atomic E-state index is 13.0. The van der Waals surface area contributed by atoms with Gasteiger partial charge in [0, 0.05) is 26.7 Å².